The zero-order chi connectivity index (χ0) is 22.0. The number of amides is 2. The van der Waals surface area contributed by atoms with Crippen LogP contribution in [0.25, 0.3) is 0 Å². The van der Waals surface area contributed by atoms with Crippen LogP contribution < -0.4 is 15.5 Å². The summed E-state index contributed by atoms with van der Waals surface area (Å²) in [5, 5.41) is 6.40. The Morgan fingerprint density at radius 2 is 1.87 bits per heavy atom. The molecular weight excluding hydrogens is 388 g/mol. The first-order valence-corrected chi connectivity index (χ1v) is 11.2. The number of anilines is 1. The Kier molecular flexibility index (Phi) is 6.10. The van der Waals surface area contributed by atoms with Crippen LogP contribution in [0.3, 0.4) is 0 Å². The lowest BCUT2D eigenvalue weighted by molar-refractivity contribution is -0.127. The maximum absolute atomic E-state index is 13.7. The van der Waals surface area contributed by atoms with Gasteiger partial charge in [-0.05, 0) is 61.4 Å². The molecule has 2 N–H and O–H groups in total. The average molecular weight is 421 g/mol. The number of rotatable bonds is 6. The smallest absolute Gasteiger partial charge is 0.248 e. The summed E-state index contributed by atoms with van der Waals surface area (Å²) in [6.07, 6.45) is 7.08. The first-order chi connectivity index (χ1) is 14.8. The van der Waals surface area contributed by atoms with Crippen molar-refractivity contribution in [3.05, 3.63) is 59.9 Å². The lowest BCUT2D eigenvalue weighted by atomic mass is 9.87. The van der Waals surface area contributed by atoms with Gasteiger partial charge in [-0.25, -0.2) is 0 Å². The minimum atomic E-state index is -0.760. The lowest BCUT2D eigenvalue weighted by Gasteiger charge is -2.33. The van der Waals surface area contributed by atoms with Gasteiger partial charge in [0.1, 0.15) is 6.04 Å². The van der Waals surface area contributed by atoms with Crippen LogP contribution in [-0.4, -0.2) is 35.4 Å². The third-order valence-corrected chi connectivity index (χ3v) is 6.04. The molecule has 2 aliphatic rings. The van der Waals surface area contributed by atoms with E-state index in [-0.39, 0.29) is 29.3 Å². The van der Waals surface area contributed by atoms with Gasteiger partial charge in [-0.1, -0.05) is 39.0 Å². The third kappa shape index (κ3) is 4.96. The molecule has 1 aromatic carbocycles. The fourth-order valence-electron chi connectivity index (χ4n) is 4.05. The summed E-state index contributed by atoms with van der Waals surface area (Å²) in [5.74, 6) is -0.220. The Morgan fingerprint density at radius 1 is 1.13 bits per heavy atom. The van der Waals surface area contributed by atoms with Crippen molar-refractivity contribution < 1.29 is 9.59 Å². The number of carbonyl (C=O) groups is 2. The maximum Gasteiger partial charge on any atom is 0.248 e. The van der Waals surface area contributed by atoms with E-state index >= 15 is 0 Å². The van der Waals surface area contributed by atoms with E-state index in [0.717, 1.165) is 37.9 Å². The fraction of sp³-hybridized carbons (Fsp3) is 0.480. The molecule has 2 unspecified atom stereocenters. The summed E-state index contributed by atoms with van der Waals surface area (Å²) < 4.78 is 0. The van der Waals surface area contributed by atoms with Crippen molar-refractivity contribution in [1.29, 1.82) is 0 Å². The SMILES string of the molecule is CC(C)(C)c1ccc(N(C(=O)C2CCCN2)C(C(=O)NC2CC2)c2cccnc2)cc1. The molecule has 2 atom stereocenters. The van der Waals surface area contributed by atoms with Crippen LogP contribution in [0.2, 0.25) is 0 Å². The molecule has 4 rings (SSSR count). The van der Waals surface area contributed by atoms with E-state index in [1.54, 1.807) is 17.3 Å². The van der Waals surface area contributed by atoms with Gasteiger partial charge in [0.25, 0.3) is 0 Å². The lowest BCUT2D eigenvalue weighted by Crippen LogP contribution is -2.50. The molecule has 1 saturated heterocycles. The van der Waals surface area contributed by atoms with Crippen molar-refractivity contribution in [2.24, 2.45) is 0 Å². The molecule has 31 heavy (non-hydrogen) atoms. The molecule has 0 radical (unpaired) electrons. The number of benzene rings is 1. The average Bonchev–Trinajstić information content (AvgIpc) is 3.39. The van der Waals surface area contributed by atoms with Gasteiger partial charge < -0.3 is 10.6 Å². The van der Waals surface area contributed by atoms with Gasteiger partial charge in [0.2, 0.25) is 11.8 Å². The predicted octanol–water partition coefficient (Wildman–Crippen LogP) is 3.48. The van der Waals surface area contributed by atoms with Crippen molar-refractivity contribution in [1.82, 2.24) is 15.6 Å². The number of pyridine rings is 1. The summed E-state index contributed by atoms with van der Waals surface area (Å²) in [4.78, 5) is 33.0. The van der Waals surface area contributed by atoms with E-state index in [0.29, 0.717) is 5.56 Å². The Labute approximate surface area is 184 Å². The molecule has 2 amide bonds. The number of carbonyl (C=O) groups excluding carboxylic acids is 2. The minimum Gasteiger partial charge on any atom is -0.351 e. The van der Waals surface area contributed by atoms with Crippen molar-refractivity contribution in [3.8, 4) is 0 Å². The quantitative estimate of drug-likeness (QED) is 0.750. The van der Waals surface area contributed by atoms with Gasteiger partial charge in [0, 0.05) is 29.7 Å². The zero-order valence-electron chi connectivity index (χ0n) is 18.6. The Bertz CT molecular complexity index is 911. The van der Waals surface area contributed by atoms with Crippen molar-refractivity contribution in [3.63, 3.8) is 0 Å². The molecule has 164 valence electrons. The Balaban J connectivity index is 1.76. The second-order valence-electron chi connectivity index (χ2n) is 9.63. The van der Waals surface area contributed by atoms with Crippen LogP contribution in [0.15, 0.2) is 48.8 Å². The third-order valence-electron chi connectivity index (χ3n) is 6.04. The largest absolute Gasteiger partial charge is 0.351 e. The highest BCUT2D eigenvalue weighted by atomic mass is 16.2. The van der Waals surface area contributed by atoms with Gasteiger partial charge >= 0.3 is 0 Å². The van der Waals surface area contributed by atoms with Crippen LogP contribution >= 0.6 is 0 Å². The second kappa shape index (κ2) is 8.79. The molecule has 0 bridgehead atoms. The van der Waals surface area contributed by atoms with Gasteiger partial charge in [-0.3, -0.25) is 19.5 Å². The molecule has 2 heterocycles. The maximum atomic E-state index is 13.7. The number of aromatic nitrogens is 1. The molecule has 1 aliphatic heterocycles. The van der Waals surface area contributed by atoms with Gasteiger partial charge in [0.05, 0.1) is 6.04 Å². The summed E-state index contributed by atoms with van der Waals surface area (Å²) in [6, 6.07) is 10.9. The van der Waals surface area contributed by atoms with Crippen molar-refractivity contribution >= 4 is 17.5 Å². The monoisotopic (exact) mass is 420 g/mol. The fourth-order valence-corrected chi connectivity index (χ4v) is 4.05. The topological polar surface area (TPSA) is 74.3 Å². The standard InChI is InChI=1S/C25H32N4O2/c1-25(2,3)18-8-12-20(13-9-18)29(24(31)21-7-5-15-27-21)22(17-6-4-14-26-16-17)23(30)28-19-10-11-19/h4,6,8-9,12-14,16,19,21-22,27H,5,7,10-11,15H2,1-3H3,(H,28,30). The first-order valence-electron chi connectivity index (χ1n) is 11.2. The van der Waals surface area contributed by atoms with E-state index in [4.69, 9.17) is 0 Å². The summed E-state index contributed by atoms with van der Waals surface area (Å²) in [6.45, 7) is 7.30. The Hall–Kier alpha value is -2.73. The van der Waals surface area contributed by atoms with Crippen molar-refractivity contribution in [2.45, 2.75) is 70.0 Å². The van der Waals surface area contributed by atoms with Crippen LogP contribution in [0, 0.1) is 0 Å². The molecule has 6 nitrogen and oxygen atoms in total. The first kappa shape index (κ1) is 21.5. The molecule has 2 fully saturated rings. The number of nitrogens with zero attached hydrogens (tertiary/aromatic N) is 2. The highest BCUT2D eigenvalue weighted by Crippen LogP contribution is 2.32. The minimum absolute atomic E-state index is 0.00643. The summed E-state index contributed by atoms with van der Waals surface area (Å²) >= 11 is 0. The van der Waals surface area contributed by atoms with Crippen LogP contribution in [0.5, 0.6) is 0 Å². The normalized spacial score (nSPS) is 19.6. The number of hydrogen-bond acceptors (Lipinski definition) is 4. The van der Waals surface area contributed by atoms with E-state index in [1.165, 1.54) is 5.56 Å². The molecule has 1 saturated carbocycles. The predicted molar refractivity (Wildman–Crippen MR) is 122 cm³/mol. The zero-order valence-corrected chi connectivity index (χ0v) is 18.6. The Morgan fingerprint density at radius 3 is 2.42 bits per heavy atom. The van der Waals surface area contributed by atoms with Gasteiger partial charge in [-0.15, -0.1) is 0 Å². The van der Waals surface area contributed by atoms with Crippen molar-refractivity contribution in [2.75, 3.05) is 11.4 Å². The highest BCUT2D eigenvalue weighted by Gasteiger charge is 2.38. The van der Waals surface area contributed by atoms with Gasteiger partial charge in [-0.2, -0.15) is 0 Å². The van der Waals surface area contributed by atoms with Crippen LogP contribution in [-0.2, 0) is 15.0 Å². The summed E-state index contributed by atoms with van der Waals surface area (Å²) in [5.41, 5.74) is 2.63. The number of nitrogens with one attached hydrogen (secondary N) is 2. The molecule has 0 spiro atoms. The molecular formula is C25H32N4O2. The van der Waals surface area contributed by atoms with E-state index in [2.05, 4.69) is 48.5 Å². The molecule has 6 heteroatoms. The van der Waals surface area contributed by atoms with Gasteiger partial charge in [0.15, 0.2) is 0 Å². The van der Waals surface area contributed by atoms with E-state index < -0.39 is 6.04 Å². The second-order valence-corrected chi connectivity index (χ2v) is 9.63. The van der Waals surface area contributed by atoms with Crippen LogP contribution in [0.1, 0.15) is 63.6 Å². The molecule has 1 aromatic heterocycles. The molecule has 1 aliphatic carbocycles. The molecule has 2 aromatic rings. The number of hydrogen-bond donors (Lipinski definition) is 2. The van der Waals surface area contributed by atoms with Crippen LogP contribution in [0.4, 0.5) is 5.69 Å². The van der Waals surface area contributed by atoms with E-state index in [9.17, 15) is 9.59 Å². The highest BCUT2D eigenvalue weighted by molar-refractivity contribution is 6.04. The summed E-state index contributed by atoms with van der Waals surface area (Å²) in [7, 11) is 0. The van der Waals surface area contributed by atoms with E-state index in [1.807, 2.05) is 24.3 Å².